The highest BCUT2D eigenvalue weighted by atomic mass is 16.5. The molecule has 0 aliphatic heterocycles. The first-order valence-electron chi connectivity index (χ1n) is 6.21. The Morgan fingerprint density at radius 1 is 1.14 bits per heavy atom. The molecule has 0 saturated carbocycles. The van der Waals surface area contributed by atoms with E-state index in [0.29, 0.717) is 17.0 Å². The van der Waals surface area contributed by atoms with Crippen molar-refractivity contribution in [1.29, 1.82) is 10.5 Å². The minimum atomic E-state index is 0.144. The lowest BCUT2D eigenvalue weighted by Gasteiger charge is -2.04. The van der Waals surface area contributed by atoms with Gasteiger partial charge in [-0.15, -0.1) is 0 Å². The van der Waals surface area contributed by atoms with Gasteiger partial charge in [-0.05, 0) is 29.8 Å². The first-order valence-corrected chi connectivity index (χ1v) is 6.21. The molecule has 3 rings (SSSR count). The summed E-state index contributed by atoms with van der Waals surface area (Å²) < 4.78 is 11.1. The molecule has 5 nitrogen and oxygen atoms in total. The van der Waals surface area contributed by atoms with Gasteiger partial charge < -0.3 is 9.15 Å². The molecule has 2 heterocycles. The molecule has 0 radical (unpaired) electrons. The van der Waals surface area contributed by atoms with Gasteiger partial charge in [0.25, 0.3) is 0 Å². The highest BCUT2D eigenvalue weighted by Crippen LogP contribution is 2.32. The molecule has 0 unspecified atom stereocenters. The third-order valence-electron chi connectivity index (χ3n) is 2.97. The molecule has 0 atom stereocenters. The normalized spacial score (nSPS) is 10.0. The highest BCUT2D eigenvalue weighted by Gasteiger charge is 2.15. The van der Waals surface area contributed by atoms with Crippen LogP contribution in [0.2, 0.25) is 0 Å². The molecule has 0 aliphatic carbocycles. The van der Waals surface area contributed by atoms with Gasteiger partial charge in [0.15, 0.2) is 5.75 Å². The van der Waals surface area contributed by atoms with Crippen LogP contribution in [0.3, 0.4) is 0 Å². The second kappa shape index (κ2) is 5.36. The van der Waals surface area contributed by atoms with Gasteiger partial charge in [0.05, 0.1) is 5.39 Å². The van der Waals surface area contributed by atoms with Gasteiger partial charge in [0.2, 0.25) is 5.76 Å². The lowest BCUT2D eigenvalue weighted by Crippen LogP contribution is -1.97. The predicted molar refractivity (Wildman–Crippen MR) is 74.2 cm³/mol. The van der Waals surface area contributed by atoms with Crippen molar-refractivity contribution < 1.29 is 9.15 Å². The number of hydrogen-bond donors (Lipinski definition) is 0. The maximum atomic E-state index is 9.12. The van der Waals surface area contributed by atoms with Crippen molar-refractivity contribution in [2.24, 2.45) is 0 Å². The first kappa shape index (κ1) is 12.7. The summed E-state index contributed by atoms with van der Waals surface area (Å²) in [5.41, 5.74) is 1.74. The van der Waals surface area contributed by atoms with Crippen LogP contribution in [0, 0.1) is 22.7 Å². The van der Waals surface area contributed by atoms with Gasteiger partial charge in [-0.1, -0.05) is 12.1 Å². The fourth-order valence-electron chi connectivity index (χ4n) is 2.02. The largest absolute Gasteiger partial charge is 0.483 e. The van der Waals surface area contributed by atoms with E-state index >= 15 is 0 Å². The highest BCUT2D eigenvalue weighted by molar-refractivity contribution is 5.86. The smallest absolute Gasteiger partial charge is 0.246 e. The number of ether oxygens (including phenoxy) is 1. The Hall–Kier alpha value is -3.31. The minimum Gasteiger partial charge on any atom is -0.483 e. The molecule has 0 saturated heterocycles. The van der Waals surface area contributed by atoms with Gasteiger partial charge in [0.1, 0.15) is 30.0 Å². The number of furan rings is 1. The average molecular weight is 275 g/mol. The molecule has 0 aliphatic rings. The van der Waals surface area contributed by atoms with Crippen molar-refractivity contribution in [3.63, 3.8) is 0 Å². The van der Waals surface area contributed by atoms with Crippen LogP contribution in [0.25, 0.3) is 11.0 Å². The summed E-state index contributed by atoms with van der Waals surface area (Å²) in [6.45, 7) is 0.232. The summed E-state index contributed by atoms with van der Waals surface area (Å²) in [6.07, 6.45) is 1.55. The lowest BCUT2D eigenvalue weighted by molar-refractivity contribution is 0.303. The molecular weight excluding hydrogens is 266 g/mol. The van der Waals surface area contributed by atoms with Crippen LogP contribution in [-0.4, -0.2) is 4.98 Å². The van der Waals surface area contributed by atoms with E-state index in [9.17, 15) is 0 Å². The van der Waals surface area contributed by atoms with Crippen LogP contribution in [0.4, 0.5) is 0 Å². The van der Waals surface area contributed by atoms with E-state index in [1.807, 2.05) is 30.3 Å². The second-order valence-electron chi connectivity index (χ2n) is 4.32. The first-order chi connectivity index (χ1) is 10.3. The summed E-state index contributed by atoms with van der Waals surface area (Å²) in [5, 5.41) is 18.7. The summed E-state index contributed by atoms with van der Waals surface area (Å²) in [4.78, 5) is 3.90. The SMILES string of the molecule is N#Cc1cc(COc2c(C#N)oc3ccccc23)ccn1. The number of pyridine rings is 1. The number of aromatic nitrogens is 1. The van der Waals surface area contributed by atoms with Gasteiger partial charge >= 0.3 is 0 Å². The minimum absolute atomic E-state index is 0.144. The zero-order chi connectivity index (χ0) is 14.7. The molecular formula is C16H9N3O2. The third-order valence-corrected chi connectivity index (χ3v) is 2.97. The molecule has 100 valence electrons. The van der Waals surface area contributed by atoms with Crippen LogP contribution in [0.1, 0.15) is 17.0 Å². The van der Waals surface area contributed by atoms with Crippen LogP contribution >= 0.6 is 0 Å². The van der Waals surface area contributed by atoms with Crippen molar-refractivity contribution in [1.82, 2.24) is 4.98 Å². The van der Waals surface area contributed by atoms with Crippen LogP contribution in [0.5, 0.6) is 5.75 Å². The van der Waals surface area contributed by atoms with Crippen molar-refractivity contribution in [3.05, 3.63) is 59.6 Å². The van der Waals surface area contributed by atoms with Crippen LogP contribution in [-0.2, 0) is 6.61 Å². The van der Waals surface area contributed by atoms with Gasteiger partial charge in [-0.2, -0.15) is 10.5 Å². The zero-order valence-electron chi connectivity index (χ0n) is 10.9. The van der Waals surface area contributed by atoms with E-state index in [4.69, 9.17) is 19.7 Å². The molecule has 0 amide bonds. The van der Waals surface area contributed by atoms with E-state index in [2.05, 4.69) is 4.98 Å². The predicted octanol–water partition coefficient (Wildman–Crippen LogP) is 3.15. The van der Waals surface area contributed by atoms with Crippen LogP contribution < -0.4 is 4.74 Å². The maximum Gasteiger partial charge on any atom is 0.246 e. The molecule has 21 heavy (non-hydrogen) atoms. The molecule has 1 aromatic carbocycles. The number of rotatable bonds is 3. The third kappa shape index (κ3) is 2.41. The van der Waals surface area contributed by atoms with Crippen molar-refractivity contribution in [2.75, 3.05) is 0 Å². The Kier molecular flexibility index (Phi) is 3.24. The van der Waals surface area contributed by atoms with E-state index in [-0.39, 0.29) is 12.4 Å². The summed E-state index contributed by atoms with van der Waals surface area (Å²) >= 11 is 0. The van der Waals surface area contributed by atoms with E-state index < -0.39 is 0 Å². The Balaban J connectivity index is 1.91. The second-order valence-corrected chi connectivity index (χ2v) is 4.32. The fourth-order valence-corrected chi connectivity index (χ4v) is 2.02. The molecule has 3 aromatic rings. The van der Waals surface area contributed by atoms with E-state index in [1.165, 1.54) is 0 Å². The molecule has 0 fully saturated rings. The number of hydrogen-bond acceptors (Lipinski definition) is 5. The number of benzene rings is 1. The quantitative estimate of drug-likeness (QED) is 0.733. The topological polar surface area (TPSA) is 82.8 Å². The summed E-state index contributed by atoms with van der Waals surface area (Å²) in [6, 6.07) is 14.7. The van der Waals surface area contributed by atoms with Gasteiger partial charge in [-0.25, -0.2) is 4.98 Å². The summed E-state index contributed by atoms with van der Waals surface area (Å²) in [5.74, 6) is 0.564. The molecule has 0 spiro atoms. The maximum absolute atomic E-state index is 9.12. The fraction of sp³-hybridized carbons (Fsp3) is 0.0625. The zero-order valence-corrected chi connectivity index (χ0v) is 10.9. The standard InChI is InChI=1S/C16H9N3O2/c17-8-12-7-11(5-6-19-12)10-20-16-13-3-1-2-4-14(13)21-15(16)9-18/h1-7H,10H2. The number of fused-ring (bicyclic) bond motifs is 1. The van der Waals surface area contributed by atoms with Crippen LogP contribution in [0.15, 0.2) is 47.0 Å². The Morgan fingerprint density at radius 2 is 2.00 bits per heavy atom. The lowest BCUT2D eigenvalue weighted by atomic mass is 10.2. The Labute approximate surface area is 120 Å². The van der Waals surface area contributed by atoms with E-state index in [1.54, 1.807) is 24.4 Å². The average Bonchev–Trinajstić information content (AvgIpc) is 2.91. The Bertz CT molecular complexity index is 884. The molecule has 2 aromatic heterocycles. The van der Waals surface area contributed by atoms with Crippen molar-refractivity contribution in [3.8, 4) is 17.9 Å². The molecule has 0 N–H and O–H groups in total. The van der Waals surface area contributed by atoms with E-state index in [0.717, 1.165) is 10.9 Å². The number of para-hydroxylation sites is 1. The number of nitrogens with zero attached hydrogens (tertiary/aromatic N) is 3. The Morgan fingerprint density at radius 3 is 2.81 bits per heavy atom. The van der Waals surface area contributed by atoms with Gasteiger partial charge in [0, 0.05) is 6.20 Å². The monoisotopic (exact) mass is 275 g/mol. The molecule has 5 heteroatoms. The van der Waals surface area contributed by atoms with Crippen molar-refractivity contribution in [2.45, 2.75) is 6.61 Å². The van der Waals surface area contributed by atoms with Crippen molar-refractivity contribution >= 4 is 11.0 Å². The molecule has 0 bridgehead atoms. The number of nitriles is 2. The summed E-state index contributed by atoms with van der Waals surface area (Å²) in [7, 11) is 0. The van der Waals surface area contributed by atoms with Gasteiger partial charge in [-0.3, -0.25) is 0 Å².